The zero-order valence-corrected chi connectivity index (χ0v) is 17.1. The molecule has 3 heterocycles. The molecule has 150 valence electrons. The van der Waals surface area contributed by atoms with Gasteiger partial charge in [0.05, 0.1) is 22.7 Å². The lowest BCUT2D eigenvalue weighted by Gasteiger charge is -2.37. The summed E-state index contributed by atoms with van der Waals surface area (Å²) >= 11 is 0. The molecule has 0 aliphatic carbocycles. The Kier molecular flexibility index (Phi) is 5.58. The molecule has 30 heavy (non-hydrogen) atoms. The van der Waals surface area contributed by atoms with E-state index in [-0.39, 0.29) is 5.91 Å². The van der Waals surface area contributed by atoms with Gasteiger partial charge in [0, 0.05) is 37.2 Å². The standard InChI is InChI=1S/C25H24N4O/c1-19-4-6-20(7-5-19)17-25(18-26)10-15-29(16-11-25)24(30)22-3-2-12-28-23(22)21-8-13-27-14-9-21/h2-9,12-14H,10-11,15-17H2,1H3. The minimum Gasteiger partial charge on any atom is -0.338 e. The molecule has 0 bridgehead atoms. The lowest BCUT2D eigenvalue weighted by Crippen LogP contribution is -2.43. The summed E-state index contributed by atoms with van der Waals surface area (Å²) in [6.45, 7) is 3.21. The van der Waals surface area contributed by atoms with E-state index in [1.807, 2.05) is 23.1 Å². The van der Waals surface area contributed by atoms with E-state index in [4.69, 9.17) is 0 Å². The van der Waals surface area contributed by atoms with Crippen molar-refractivity contribution < 1.29 is 4.79 Å². The van der Waals surface area contributed by atoms with Crippen molar-refractivity contribution in [3.05, 3.63) is 83.8 Å². The molecule has 1 aliphatic rings. The van der Waals surface area contributed by atoms with Gasteiger partial charge in [0.25, 0.3) is 5.91 Å². The Bertz CT molecular complexity index is 1060. The third kappa shape index (κ3) is 4.08. The number of rotatable bonds is 4. The highest BCUT2D eigenvalue weighted by atomic mass is 16.2. The lowest BCUT2D eigenvalue weighted by molar-refractivity contribution is 0.0647. The predicted octanol–water partition coefficient (Wildman–Crippen LogP) is 4.44. The van der Waals surface area contributed by atoms with Crippen LogP contribution in [0.15, 0.2) is 67.1 Å². The number of carbonyl (C=O) groups is 1. The van der Waals surface area contributed by atoms with Crippen molar-refractivity contribution in [2.45, 2.75) is 26.2 Å². The molecule has 1 aromatic carbocycles. The summed E-state index contributed by atoms with van der Waals surface area (Å²) in [6, 6.07) is 18.3. The number of aromatic nitrogens is 2. The molecular weight excluding hydrogens is 372 g/mol. The molecule has 5 heteroatoms. The predicted molar refractivity (Wildman–Crippen MR) is 116 cm³/mol. The number of pyridine rings is 2. The molecule has 1 saturated heterocycles. The molecule has 0 saturated carbocycles. The van der Waals surface area contributed by atoms with E-state index in [0.29, 0.717) is 37.2 Å². The first-order chi connectivity index (χ1) is 14.6. The molecular formula is C25H24N4O. The van der Waals surface area contributed by atoms with Gasteiger partial charge in [-0.15, -0.1) is 0 Å². The molecule has 4 rings (SSSR count). The van der Waals surface area contributed by atoms with E-state index < -0.39 is 5.41 Å². The second-order valence-electron chi connectivity index (χ2n) is 7.98. The molecule has 0 unspecified atom stereocenters. The topological polar surface area (TPSA) is 69.9 Å². The second-order valence-corrected chi connectivity index (χ2v) is 7.98. The molecule has 0 spiro atoms. The van der Waals surface area contributed by atoms with Crippen LogP contribution in [0.4, 0.5) is 0 Å². The van der Waals surface area contributed by atoms with Crippen LogP contribution in [-0.4, -0.2) is 33.9 Å². The lowest BCUT2D eigenvalue weighted by atomic mass is 9.75. The molecule has 0 N–H and O–H groups in total. The van der Waals surface area contributed by atoms with Gasteiger partial charge in [0.15, 0.2) is 0 Å². The first kappa shape index (κ1) is 19.8. The summed E-state index contributed by atoms with van der Waals surface area (Å²) < 4.78 is 0. The number of piperidine rings is 1. The largest absolute Gasteiger partial charge is 0.338 e. The summed E-state index contributed by atoms with van der Waals surface area (Å²) in [6.07, 6.45) is 7.17. The van der Waals surface area contributed by atoms with Gasteiger partial charge in [-0.2, -0.15) is 5.26 Å². The Labute approximate surface area is 177 Å². The maximum absolute atomic E-state index is 13.3. The molecule has 5 nitrogen and oxygen atoms in total. The summed E-state index contributed by atoms with van der Waals surface area (Å²) in [5.74, 6) is -0.0308. The van der Waals surface area contributed by atoms with E-state index in [0.717, 1.165) is 12.0 Å². The van der Waals surface area contributed by atoms with Gasteiger partial charge in [-0.25, -0.2) is 0 Å². The van der Waals surface area contributed by atoms with Crippen LogP contribution in [0, 0.1) is 23.7 Å². The van der Waals surface area contributed by atoms with Crippen LogP contribution in [-0.2, 0) is 6.42 Å². The number of carbonyl (C=O) groups excluding carboxylic acids is 1. The highest BCUT2D eigenvalue weighted by Crippen LogP contribution is 2.35. The van der Waals surface area contributed by atoms with Crippen LogP contribution in [0.3, 0.4) is 0 Å². The number of likely N-dealkylation sites (tertiary alicyclic amines) is 1. The van der Waals surface area contributed by atoms with Gasteiger partial charge in [0.2, 0.25) is 0 Å². The van der Waals surface area contributed by atoms with Crippen molar-refractivity contribution in [2.24, 2.45) is 5.41 Å². The zero-order chi connectivity index (χ0) is 21.0. The van der Waals surface area contributed by atoms with Crippen LogP contribution in [0.1, 0.15) is 34.3 Å². The molecule has 1 amide bonds. The van der Waals surface area contributed by atoms with Crippen molar-refractivity contribution in [2.75, 3.05) is 13.1 Å². The quantitative estimate of drug-likeness (QED) is 0.654. The van der Waals surface area contributed by atoms with Gasteiger partial charge in [0.1, 0.15) is 0 Å². The minimum absolute atomic E-state index is 0.0308. The monoisotopic (exact) mass is 396 g/mol. The van der Waals surface area contributed by atoms with Crippen LogP contribution >= 0.6 is 0 Å². The van der Waals surface area contributed by atoms with Crippen molar-refractivity contribution >= 4 is 5.91 Å². The Balaban J connectivity index is 1.50. The highest BCUT2D eigenvalue weighted by Gasteiger charge is 2.37. The number of aryl methyl sites for hydroxylation is 1. The van der Waals surface area contributed by atoms with Gasteiger partial charge < -0.3 is 4.90 Å². The summed E-state index contributed by atoms with van der Waals surface area (Å²) in [5.41, 5.74) is 4.10. The molecule has 2 aromatic heterocycles. The third-order valence-corrected chi connectivity index (χ3v) is 5.90. The summed E-state index contributed by atoms with van der Waals surface area (Å²) in [4.78, 5) is 23.6. The number of nitrogens with zero attached hydrogens (tertiary/aromatic N) is 4. The van der Waals surface area contributed by atoms with Gasteiger partial charge >= 0.3 is 0 Å². The van der Waals surface area contributed by atoms with Crippen LogP contribution in [0.2, 0.25) is 0 Å². The van der Waals surface area contributed by atoms with Gasteiger partial charge in [-0.1, -0.05) is 29.8 Å². The van der Waals surface area contributed by atoms with Gasteiger partial charge in [-0.3, -0.25) is 14.8 Å². The smallest absolute Gasteiger partial charge is 0.256 e. The molecule has 1 fully saturated rings. The van der Waals surface area contributed by atoms with Crippen molar-refractivity contribution in [3.8, 4) is 17.3 Å². The number of benzene rings is 1. The number of nitriles is 1. The Morgan fingerprint density at radius 2 is 1.77 bits per heavy atom. The maximum atomic E-state index is 13.3. The first-order valence-electron chi connectivity index (χ1n) is 10.2. The second kappa shape index (κ2) is 8.46. The fourth-order valence-electron chi connectivity index (χ4n) is 4.05. The van der Waals surface area contributed by atoms with Crippen LogP contribution in [0.25, 0.3) is 11.3 Å². The third-order valence-electron chi connectivity index (χ3n) is 5.90. The van der Waals surface area contributed by atoms with Crippen molar-refractivity contribution in [3.63, 3.8) is 0 Å². The average Bonchev–Trinajstić information content (AvgIpc) is 2.81. The Morgan fingerprint density at radius 1 is 1.07 bits per heavy atom. The maximum Gasteiger partial charge on any atom is 0.256 e. The van der Waals surface area contributed by atoms with Gasteiger partial charge in [-0.05, 0) is 56.0 Å². The van der Waals surface area contributed by atoms with E-state index in [1.165, 1.54) is 11.1 Å². The van der Waals surface area contributed by atoms with Crippen LogP contribution < -0.4 is 0 Å². The fourth-order valence-corrected chi connectivity index (χ4v) is 4.05. The number of amides is 1. The van der Waals surface area contributed by atoms with E-state index in [1.54, 1.807) is 24.7 Å². The normalized spacial score (nSPS) is 15.4. The minimum atomic E-state index is -0.422. The molecule has 3 aromatic rings. The number of hydrogen-bond donors (Lipinski definition) is 0. The highest BCUT2D eigenvalue weighted by molar-refractivity contribution is 5.99. The van der Waals surface area contributed by atoms with Crippen molar-refractivity contribution in [1.29, 1.82) is 5.26 Å². The Hall–Kier alpha value is -3.52. The average molecular weight is 396 g/mol. The Morgan fingerprint density at radius 3 is 2.43 bits per heavy atom. The SMILES string of the molecule is Cc1ccc(CC2(C#N)CCN(C(=O)c3cccnc3-c3ccncc3)CC2)cc1. The fraction of sp³-hybridized carbons (Fsp3) is 0.280. The summed E-state index contributed by atoms with van der Waals surface area (Å²) in [7, 11) is 0. The van der Waals surface area contributed by atoms with E-state index in [2.05, 4.69) is 47.2 Å². The van der Waals surface area contributed by atoms with E-state index >= 15 is 0 Å². The first-order valence-corrected chi connectivity index (χ1v) is 10.2. The molecule has 0 radical (unpaired) electrons. The molecule has 1 aliphatic heterocycles. The zero-order valence-electron chi connectivity index (χ0n) is 17.1. The summed E-state index contributed by atoms with van der Waals surface area (Å²) in [5, 5.41) is 9.92. The van der Waals surface area contributed by atoms with Crippen molar-refractivity contribution in [1.82, 2.24) is 14.9 Å². The van der Waals surface area contributed by atoms with Crippen LogP contribution in [0.5, 0.6) is 0 Å². The molecule has 0 atom stereocenters. The van der Waals surface area contributed by atoms with E-state index in [9.17, 15) is 10.1 Å². The number of hydrogen-bond acceptors (Lipinski definition) is 4.